The van der Waals surface area contributed by atoms with Crippen LogP contribution < -0.4 is 5.32 Å². The third kappa shape index (κ3) is 7.03. The quantitative estimate of drug-likeness (QED) is 0.839. The van der Waals surface area contributed by atoms with Gasteiger partial charge in [-0.1, -0.05) is 19.1 Å². The Morgan fingerprint density at radius 3 is 2.30 bits per heavy atom. The largest absolute Gasteiger partial charge is 0.481 e. The van der Waals surface area contributed by atoms with Crippen molar-refractivity contribution in [2.75, 3.05) is 18.9 Å². The molecule has 1 rings (SSSR count). The average Bonchev–Trinajstić information content (AvgIpc) is 2.45. The van der Waals surface area contributed by atoms with E-state index >= 15 is 0 Å². The number of nitrogens with zero attached hydrogens (tertiary/aromatic N) is 1. The van der Waals surface area contributed by atoms with E-state index in [0.29, 0.717) is 11.3 Å². The van der Waals surface area contributed by atoms with E-state index < -0.39 is 30.5 Å². The van der Waals surface area contributed by atoms with Crippen molar-refractivity contribution in [3.05, 3.63) is 29.8 Å². The maximum absolute atomic E-state index is 12.1. The number of carboxylic acid groups (broad SMARTS) is 1. The summed E-state index contributed by atoms with van der Waals surface area (Å²) in [5, 5.41) is 11.4. The number of urea groups is 1. The smallest absolute Gasteiger partial charge is 0.389 e. The predicted molar refractivity (Wildman–Crippen MR) is 79.3 cm³/mol. The van der Waals surface area contributed by atoms with Crippen LogP contribution in [0.1, 0.15) is 18.9 Å². The Kier molecular flexibility index (Phi) is 6.41. The van der Waals surface area contributed by atoms with Crippen LogP contribution in [0, 0.1) is 5.92 Å². The fourth-order valence-corrected chi connectivity index (χ4v) is 1.83. The van der Waals surface area contributed by atoms with Crippen LogP contribution in [0.2, 0.25) is 0 Å². The number of nitrogens with one attached hydrogen (secondary N) is 1. The molecule has 5 nitrogen and oxygen atoms in total. The summed E-state index contributed by atoms with van der Waals surface area (Å²) in [5.74, 6) is -1.70. The normalized spacial score (nSPS) is 12.6. The van der Waals surface area contributed by atoms with Gasteiger partial charge in [0.25, 0.3) is 0 Å². The number of benzene rings is 1. The highest BCUT2D eigenvalue weighted by Crippen LogP contribution is 2.22. The number of alkyl halides is 3. The van der Waals surface area contributed by atoms with E-state index in [2.05, 4.69) is 5.32 Å². The van der Waals surface area contributed by atoms with Gasteiger partial charge in [0, 0.05) is 25.7 Å². The zero-order valence-electron chi connectivity index (χ0n) is 12.9. The van der Waals surface area contributed by atoms with Gasteiger partial charge in [-0.2, -0.15) is 13.2 Å². The van der Waals surface area contributed by atoms with Gasteiger partial charge < -0.3 is 15.3 Å². The first kappa shape index (κ1) is 18.8. The molecule has 1 aromatic carbocycles. The summed E-state index contributed by atoms with van der Waals surface area (Å²) in [7, 11) is 1.46. The van der Waals surface area contributed by atoms with Crippen molar-refractivity contribution in [1.29, 1.82) is 0 Å². The van der Waals surface area contributed by atoms with E-state index in [9.17, 15) is 22.8 Å². The first-order valence-electron chi connectivity index (χ1n) is 6.99. The highest BCUT2D eigenvalue weighted by atomic mass is 19.4. The summed E-state index contributed by atoms with van der Waals surface area (Å²) in [4.78, 5) is 23.9. The minimum absolute atomic E-state index is 0.0465. The molecule has 0 aromatic heterocycles. The summed E-state index contributed by atoms with van der Waals surface area (Å²) in [6.45, 7) is 1.53. The first-order valence-corrected chi connectivity index (χ1v) is 6.99. The number of aryl methyl sites for hydroxylation is 1. The van der Waals surface area contributed by atoms with E-state index in [1.54, 1.807) is 0 Å². The SMILES string of the molecule is CC(CN(C)C(=O)Nc1ccc(CCC(F)(F)F)cc1)C(=O)O. The summed E-state index contributed by atoms with van der Waals surface area (Å²) >= 11 is 0. The van der Waals surface area contributed by atoms with Crippen LogP contribution in [-0.2, 0) is 11.2 Å². The average molecular weight is 332 g/mol. The molecule has 2 N–H and O–H groups in total. The minimum atomic E-state index is -4.20. The molecule has 0 radical (unpaired) electrons. The molecule has 1 aromatic rings. The number of carbonyl (C=O) groups is 2. The van der Waals surface area contributed by atoms with Crippen LogP contribution in [0.5, 0.6) is 0 Å². The van der Waals surface area contributed by atoms with E-state index in [4.69, 9.17) is 5.11 Å². The molecule has 0 saturated heterocycles. The molecule has 128 valence electrons. The molecule has 23 heavy (non-hydrogen) atoms. The molecule has 0 bridgehead atoms. The lowest BCUT2D eigenvalue weighted by Gasteiger charge is -2.20. The second-order valence-electron chi connectivity index (χ2n) is 5.36. The van der Waals surface area contributed by atoms with E-state index in [-0.39, 0.29) is 13.0 Å². The molecule has 2 amide bonds. The monoisotopic (exact) mass is 332 g/mol. The van der Waals surface area contributed by atoms with Crippen LogP contribution in [0.25, 0.3) is 0 Å². The maximum atomic E-state index is 12.1. The van der Waals surface area contributed by atoms with Gasteiger partial charge in [-0.25, -0.2) is 4.79 Å². The highest BCUT2D eigenvalue weighted by molar-refractivity contribution is 5.89. The van der Waals surface area contributed by atoms with Gasteiger partial charge in [0.2, 0.25) is 0 Å². The number of halogens is 3. The molecule has 0 aliphatic rings. The molecule has 0 heterocycles. The fraction of sp³-hybridized carbons (Fsp3) is 0.467. The van der Waals surface area contributed by atoms with Crippen molar-refractivity contribution in [1.82, 2.24) is 4.90 Å². The van der Waals surface area contributed by atoms with Gasteiger partial charge >= 0.3 is 18.2 Å². The third-order valence-electron chi connectivity index (χ3n) is 3.22. The number of rotatable bonds is 6. The van der Waals surface area contributed by atoms with Gasteiger partial charge in [0.1, 0.15) is 0 Å². The van der Waals surface area contributed by atoms with Crippen LogP contribution >= 0.6 is 0 Å². The molecule has 0 spiro atoms. The topological polar surface area (TPSA) is 69.6 Å². The minimum Gasteiger partial charge on any atom is -0.481 e. The molecule has 0 saturated carbocycles. The Hall–Kier alpha value is -2.25. The van der Waals surface area contributed by atoms with Gasteiger partial charge in [0.15, 0.2) is 0 Å². The molecule has 0 aliphatic heterocycles. The van der Waals surface area contributed by atoms with Crippen molar-refractivity contribution < 1.29 is 27.9 Å². The Morgan fingerprint density at radius 1 is 1.26 bits per heavy atom. The van der Waals surface area contributed by atoms with Gasteiger partial charge in [0.05, 0.1) is 5.92 Å². The number of carboxylic acids is 1. The van der Waals surface area contributed by atoms with Gasteiger partial charge in [-0.15, -0.1) is 0 Å². The first-order chi connectivity index (χ1) is 10.6. The van der Waals surface area contributed by atoms with Crippen LogP contribution in [0.3, 0.4) is 0 Å². The van der Waals surface area contributed by atoms with Crippen molar-refractivity contribution in [3.8, 4) is 0 Å². The third-order valence-corrected chi connectivity index (χ3v) is 3.22. The lowest BCUT2D eigenvalue weighted by molar-refractivity contribution is -0.141. The molecular formula is C15H19F3N2O3. The van der Waals surface area contributed by atoms with E-state index in [1.807, 2.05) is 0 Å². The second kappa shape index (κ2) is 7.85. The van der Waals surface area contributed by atoms with Crippen molar-refractivity contribution >= 4 is 17.7 Å². The van der Waals surface area contributed by atoms with Crippen molar-refractivity contribution in [3.63, 3.8) is 0 Å². The highest BCUT2D eigenvalue weighted by Gasteiger charge is 2.26. The second-order valence-corrected chi connectivity index (χ2v) is 5.36. The van der Waals surface area contributed by atoms with Crippen LogP contribution in [-0.4, -0.2) is 41.8 Å². The Morgan fingerprint density at radius 2 is 1.83 bits per heavy atom. The van der Waals surface area contributed by atoms with Crippen LogP contribution in [0.4, 0.5) is 23.7 Å². The Labute approximate surface area is 132 Å². The summed E-state index contributed by atoms with van der Waals surface area (Å²) < 4.78 is 36.4. The zero-order valence-corrected chi connectivity index (χ0v) is 12.9. The number of carbonyl (C=O) groups excluding carboxylic acids is 1. The lowest BCUT2D eigenvalue weighted by atomic mass is 10.1. The Bertz CT molecular complexity index is 544. The number of amides is 2. The van der Waals surface area contributed by atoms with Crippen molar-refractivity contribution in [2.45, 2.75) is 25.9 Å². The van der Waals surface area contributed by atoms with Crippen LogP contribution in [0.15, 0.2) is 24.3 Å². The Balaban J connectivity index is 2.54. The number of anilines is 1. The summed E-state index contributed by atoms with van der Waals surface area (Å²) in [6.07, 6.45) is -5.21. The molecular weight excluding hydrogens is 313 g/mol. The number of aliphatic carboxylic acids is 1. The molecule has 0 fully saturated rings. The molecule has 8 heteroatoms. The lowest BCUT2D eigenvalue weighted by Crippen LogP contribution is -2.36. The standard InChI is InChI=1S/C15H19F3N2O3/c1-10(13(21)22)9-20(2)14(23)19-12-5-3-11(4-6-12)7-8-15(16,17)18/h3-6,10H,7-9H2,1-2H3,(H,19,23)(H,21,22). The summed E-state index contributed by atoms with van der Waals surface area (Å²) in [6, 6.07) is 5.57. The van der Waals surface area contributed by atoms with Crippen molar-refractivity contribution in [2.24, 2.45) is 5.92 Å². The van der Waals surface area contributed by atoms with E-state index in [1.165, 1.54) is 43.1 Å². The van der Waals surface area contributed by atoms with Gasteiger partial charge in [-0.05, 0) is 24.1 Å². The fourth-order valence-electron chi connectivity index (χ4n) is 1.83. The van der Waals surface area contributed by atoms with Gasteiger partial charge in [-0.3, -0.25) is 4.79 Å². The molecule has 1 unspecified atom stereocenters. The number of hydrogen-bond donors (Lipinski definition) is 2. The van der Waals surface area contributed by atoms with E-state index in [0.717, 1.165) is 0 Å². The zero-order chi connectivity index (χ0) is 17.6. The molecule has 0 aliphatic carbocycles. The maximum Gasteiger partial charge on any atom is 0.389 e. The number of hydrogen-bond acceptors (Lipinski definition) is 2. The summed E-state index contributed by atoms with van der Waals surface area (Å²) in [5.41, 5.74) is 0.953. The predicted octanol–water partition coefficient (Wildman–Crippen LogP) is 3.37. The molecule has 1 atom stereocenters.